The van der Waals surface area contributed by atoms with E-state index in [4.69, 9.17) is 23.2 Å². The fourth-order valence-corrected chi connectivity index (χ4v) is 1.32. The number of urea groups is 1. The molecule has 0 aliphatic rings. The van der Waals surface area contributed by atoms with Crippen LogP contribution in [0.25, 0.3) is 0 Å². The second kappa shape index (κ2) is 6.32. The summed E-state index contributed by atoms with van der Waals surface area (Å²) in [7, 11) is 1.23. The molecule has 0 saturated heterocycles. The molecule has 0 bridgehead atoms. The minimum Gasteiger partial charge on any atom is -0.468 e. The molecule has 0 saturated carbocycles. The molecule has 0 atom stereocenters. The van der Waals surface area contributed by atoms with Crippen molar-refractivity contribution < 1.29 is 14.3 Å². The highest BCUT2D eigenvalue weighted by atomic mass is 35.5. The molecule has 0 heterocycles. The number of benzene rings is 1. The summed E-state index contributed by atoms with van der Waals surface area (Å²) in [6.45, 7) is -0.222. The summed E-state index contributed by atoms with van der Waals surface area (Å²) in [5.74, 6) is -0.544. The number of anilines is 1. The Balaban J connectivity index is 2.56. The summed E-state index contributed by atoms with van der Waals surface area (Å²) in [6.07, 6.45) is 0. The van der Waals surface area contributed by atoms with Gasteiger partial charge in [-0.05, 0) is 18.2 Å². The molecule has 0 aliphatic heterocycles. The smallest absolute Gasteiger partial charge is 0.325 e. The average molecular weight is 277 g/mol. The number of ether oxygens (including phenoxy) is 1. The Morgan fingerprint density at radius 3 is 2.71 bits per heavy atom. The van der Waals surface area contributed by atoms with Crippen LogP contribution in [-0.2, 0) is 9.53 Å². The Bertz CT molecular complexity index is 438. The third-order valence-corrected chi connectivity index (χ3v) is 2.36. The number of carbonyl (C=O) groups excluding carboxylic acids is 2. The van der Waals surface area contributed by atoms with E-state index in [1.807, 2.05) is 0 Å². The van der Waals surface area contributed by atoms with Crippen molar-refractivity contribution in [1.29, 1.82) is 0 Å². The summed E-state index contributed by atoms with van der Waals surface area (Å²) in [5.41, 5.74) is 0.363. The molecular formula is C10H10Cl2N2O3. The topological polar surface area (TPSA) is 67.4 Å². The summed E-state index contributed by atoms with van der Waals surface area (Å²) >= 11 is 11.6. The highest BCUT2D eigenvalue weighted by molar-refractivity contribution is 6.35. The Morgan fingerprint density at radius 1 is 1.35 bits per heavy atom. The number of methoxy groups -OCH3 is 1. The first-order valence-electron chi connectivity index (χ1n) is 4.59. The van der Waals surface area contributed by atoms with Gasteiger partial charge in [0.1, 0.15) is 6.54 Å². The van der Waals surface area contributed by atoms with Gasteiger partial charge in [-0.3, -0.25) is 4.79 Å². The first-order chi connectivity index (χ1) is 8.02. The van der Waals surface area contributed by atoms with Gasteiger partial charge in [-0.2, -0.15) is 0 Å². The summed E-state index contributed by atoms with van der Waals surface area (Å²) in [6, 6.07) is 4.09. The lowest BCUT2D eigenvalue weighted by atomic mass is 10.3. The molecule has 1 rings (SSSR count). The van der Waals surface area contributed by atoms with Gasteiger partial charge < -0.3 is 15.4 Å². The van der Waals surface area contributed by atoms with E-state index in [1.165, 1.54) is 13.2 Å². The lowest BCUT2D eigenvalue weighted by Crippen LogP contribution is -2.33. The lowest BCUT2D eigenvalue weighted by molar-refractivity contribution is -0.139. The third kappa shape index (κ3) is 4.50. The zero-order valence-electron chi connectivity index (χ0n) is 8.92. The normalized spacial score (nSPS) is 9.59. The quantitative estimate of drug-likeness (QED) is 0.833. The van der Waals surface area contributed by atoms with Crippen LogP contribution in [0.4, 0.5) is 10.5 Å². The number of rotatable bonds is 3. The van der Waals surface area contributed by atoms with Crippen molar-refractivity contribution in [2.24, 2.45) is 0 Å². The van der Waals surface area contributed by atoms with Crippen LogP contribution < -0.4 is 10.6 Å². The summed E-state index contributed by atoms with van der Waals surface area (Å²) in [4.78, 5) is 22.1. The van der Waals surface area contributed by atoms with Gasteiger partial charge in [-0.1, -0.05) is 23.2 Å². The molecule has 7 heteroatoms. The maximum atomic E-state index is 11.4. The molecule has 17 heavy (non-hydrogen) atoms. The molecule has 5 nitrogen and oxygen atoms in total. The van der Waals surface area contributed by atoms with Gasteiger partial charge in [-0.25, -0.2) is 4.79 Å². The largest absolute Gasteiger partial charge is 0.468 e. The van der Waals surface area contributed by atoms with Gasteiger partial charge in [0, 0.05) is 5.02 Å². The number of esters is 1. The highest BCUT2D eigenvalue weighted by Crippen LogP contribution is 2.25. The molecular weight excluding hydrogens is 267 g/mol. The molecule has 0 aromatic heterocycles. The minimum atomic E-state index is -0.570. The van der Waals surface area contributed by atoms with Gasteiger partial charge in [0.25, 0.3) is 0 Å². The Labute approximate surface area is 108 Å². The standard InChI is InChI=1S/C10H10Cl2N2O3/c1-17-9(15)5-13-10(16)14-8-4-6(11)2-3-7(8)12/h2-4H,5H2,1H3,(H2,13,14,16). The summed E-state index contributed by atoms with van der Waals surface area (Å²) < 4.78 is 4.37. The van der Waals surface area contributed by atoms with Crippen molar-refractivity contribution in [2.45, 2.75) is 0 Å². The van der Waals surface area contributed by atoms with Crippen LogP contribution in [0.5, 0.6) is 0 Å². The number of nitrogens with one attached hydrogen (secondary N) is 2. The second-order valence-electron chi connectivity index (χ2n) is 3.01. The fourth-order valence-electron chi connectivity index (χ4n) is 0.984. The van der Waals surface area contributed by atoms with Crippen molar-refractivity contribution in [2.75, 3.05) is 19.0 Å². The van der Waals surface area contributed by atoms with Crippen molar-refractivity contribution >= 4 is 40.9 Å². The molecule has 2 N–H and O–H groups in total. The predicted molar refractivity (Wildman–Crippen MR) is 65.5 cm³/mol. The predicted octanol–water partition coefficient (Wildman–Crippen LogP) is 2.29. The third-order valence-electron chi connectivity index (χ3n) is 1.80. The molecule has 92 valence electrons. The molecule has 0 fully saturated rings. The van der Waals surface area contributed by atoms with Crippen LogP contribution in [0.1, 0.15) is 0 Å². The van der Waals surface area contributed by atoms with Gasteiger partial charge in [0.05, 0.1) is 17.8 Å². The van der Waals surface area contributed by atoms with Crippen molar-refractivity contribution in [3.05, 3.63) is 28.2 Å². The average Bonchev–Trinajstić information content (AvgIpc) is 2.30. The molecule has 0 spiro atoms. The molecule has 0 unspecified atom stereocenters. The first kappa shape index (κ1) is 13.6. The van der Waals surface area contributed by atoms with E-state index in [9.17, 15) is 9.59 Å². The number of amides is 2. The molecule has 0 radical (unpaired) electrons. The van der Waals surface area contributed by atoms with Crippen LogP contribution in [-0.4, -0.2) is 25.7 Å². The number of carbonyl (C=O) groups is 2. The van der Waals surface area contributed by atoms with Crippen LogP contribution >= 0.6 is 23.2 Å². The van der Waals surface area contributed by atoms with Gasteiger partial charge in [-0.15, -0.1) is 0 Å². The SMILES string of the molecule is COC(=O)CNC(=O)Nc1cc(Cl)ccc1Cl. The maximum Gasteiger partial charge on any atom is 0.325 e. The van der Waals surface area contributed by atoms with Crippen LogP contribution in [0.15, 0.2) is 18.2 Å². The van der Waals surface area contributed by atoms with E-state index in [0.717, 1.165) is 0 Å². The fraction of sp³-hybridized carbons (Fsp3) is 0.200. The van der Waals surface area contributed by atoms with Crippen molar-refractivity contribution in [3.8, 4) is 0 Å². The Kier molecular flexibility index (Phi) is 5.06. The van der Waals surface area contributed by atoms with E-state index in [2.05, 4.69) is 15.4 Å². The monoisotopic (exact) mass is 276 g/mol. The van der Waals surface area contributed by atoms with Gasteiger partial charge in [0.2, 0.25) is 0 Å². The number of hydrogen-bond acceptors (Lipinski definition) is 3. The van der Waals surface area contributed by atoms with E-state index < -0.39 is 12.0 Å². The van der Waals surface area contributed by atoms with Crippen LogP contribution in [0.3, 0.4) is 0 Å². The van der Waals surface area contributed by atoms with E-state index >= 15 is 0 Å². The van der Waals surface area contributed by atoms with E-state index in [-0.39, 0.29) is 6.54 Å². The number of halogens is 2. The first-order valence-corrected chi connectivity index (χ1v) is 5.35. The summed E-state index contributed by atoms with van der Waals surface area (Å²) in [5, 5.41) is 5.55. The Morgan fingerprint density at radius 2 is 2.06 bits per heavy atom. The second-order valence-corrected chi connectivity index (χ2v) is 3.85. The van der Waals surface area contributed by atoms with Crippen molar-refractivity contribution in [1.82, 2.24) is 5.32 Å². The molecule has 1 aromatic rings. The molecule has 1 aromatic carbocycles. The maximum absolute atomic E-state index is 11.4. The van der Waals surface area contributed by atoms with E-state index in [1.54, 1.807) is 12.1 Å². The highest BCUT2D eigenvalue weighted by Gasteiger charge is 2.07. The lowest BCUT2D eigenvalue weighted by Gasteiger charge is -2.08. The minimum absolute atomic E-state index is 0.222. The Hall–Kier alpha value is -1.46. The molecule has 0 aliphatic carbocycles. The van der Waals surface area contributed by atoms with Gasteiger partial charge in [0.15, 0.2) is 0 Å². The van der Waals surface area contributed by atoms with Gasteiger partial charge >= 0.3 is 12.0 Å². The zero-order valence-corrected chi connectivity index (χ0v) is 10.4. The van der Waals surface area contributed by atoms with Crippen molar-refractivity contribution in [3.63, 3.8) is 0 Å². The van der Waals surface area contributed by atoms with E-state index in [0.29, 0.717) is 15.7 Å². The van der Waals surface area contributed by atoms with Crippen LogP contribution in [0.2, 0.25) is 10.0 Å². The number of hydrogen-bond donors (Lipinski definition) is 2. The molecule has 2 amide bonds. The zero-order chi connectivity index (χ0) is 12.8. The van der Waals surface area contributed by atoms with Crippen LogP contribution in [0, 0.1) is 0 Å².